The molecule has 1 saturated heterocycles. The molecule has 0 aromatic heterocycles. The molecule has 1 saturated carbocycles. The van der Waals surface area contributed by atoms with Crippen LogP contribution in [0, 0.1) is 5.92 Å². The minimum Gasteiger partial charge on any atom is -0.377 e. The number of rotatable bonds is 2. The Balaban J connectivity index is 1.67. The Morgan fingerprint density at radius 2 is 1.62 bits per heavy atom. The molecule has 3 nitrogen and oxygen atoms in total. The van der Waals surface area contributed by atoms with E-state index in [0.29, 0.717) is 12.1 Å². The van der Waals surface area contributed by atoms with E-state index in [1.165, 1.54) is 12.8 Å². The van der Waals surface area contributed by atoms with Crippen molar-refractivity contribution in [2.24, 2.45) is 5.92 Å². The minimum atomic E-state index is 0.417. The first-order valence-corrected chi connectivity index (χ1v) is 5.26. The highest BCUT2D eigenvalue weighted by Crippen LogP contribution is 2.26. The third-order valence-electron chi connectivity index (χ3n) is 2.86. The summed E-state index contributed by atoms with van der Waals surface area (Å²) in [4.78, 5) is 0. The third-order valence-corrected chi connectivity index (χ3v) is 2.86. The van der Waals surface area contributed by atoms with E-state index in [4.69, 9.17) is 9.47 Å². The largest absolute Gasteiger partial charge is 0.377 e. The van der Waals surface area contributed by atoms with Gasteiger partial charge in [0.05, 0.1) is 32.5 Å². The SMILES string of the molecule is CC1CC(NC2COCCOC2)C1. The average molecular weight is 185 g/mol. The van der Waals surface area contributed by atoms with E-state index in [1.54, 1.807) is 0 Å². The molecule has 0 aromatic rings. The fourth-order valence-corrected chi connectivity index (χ4v) is 2.09. The monoisotopic (exact) mass is 185 g/mol. The topological polar surface area (TPSA) is 30.5 Å². The first kappa shape index (κ1) is 9.44. The highest BCUT2D eigenvalue weighted by Gasteiger charge is 2.27. The van der Waals surface area contributed by atoms with Crippen LogP contribution in [0.3, 0.4) is 0 Å². The lowest BCUT2D eigenvalue weighted by atomic mass is 9.81. The summed E-state index contributed by atoms with van der Waals surface area (Å²) in [5.41, 5.74) is 0. The Labute approximate surface area is 79.8 Å². The molecule has 3 heteroatoms. The van der Waals surface area contributed by atoms with Gasteiger partial charge < -0.3 is 14.8 Å². The smallest absolute Gasteiger partial charge is 0.0701 e. The van der Waals surface area contributed by atoms with Crippen molar-refractivity contribution in [2.75, 3.05) is 26.4 Å². The predicted molar refractivity (Wildman–Crippen MR) is 50.7 cm³/mol. The van der Waals surface area contributed by atoms with E-state index in [2.05, 4.69) is 12.2 Å². The van der Waals surface area contributed by atoms with E-state index >= 15 is 0 Å². The molecule has 2 fully saturated rings. The number of nitrogens with one attached hydrogen (secondary N) is 1. The van der Waals surface area contributed by atoms with Crippen molar-refractivity contribution in [3.8, 4) is 0 Å². The zero-order chi connectivity index (χ0) is 9.10. The molecule has 0 unspecified atom stereocenters. The molecule has 76 valence electrons. The molecule has 0 bridgehead atoms. The summed E-state index contributed by atoms with van der Waals surface area (Å²) in [5, 5.41) is 3.58. The van der Waals surface area contributed by atoms with Gasteiger partial charge in [-0.25, -0.2) is 0 Å². The van der Waals surface area contributed by atoms with Gasteiger partial charge in [-0.1, -0.05) is 6.92 Å². The van der Waals surface area contributed by atoms with Crippen molar-refractivity contribution < 1.29 is 9.47 Å². The van der Waals surface area contributed by atoms with Crippen molar-refractivity contribution in [1.29, 1.82) is 0 Å². The molecule has 1 heterocycles. The lowest BCUT2D eigenvalue weighted by molar-refractivity contribution is 0.103. The van der Waals surface area contributed by atoms with Gasteiger partial charge in [-0.2, -0.15) is 0 Å². The lowest BCUT2D eigenvalue weighted by Crippen LogP contribution is -2.48. The first-order valence-electron chi connectivity index (χ1n) is 5.26. The fraction of sp³-hybridized carbons (Fsp3) is 1.00. The standard InChI is InChI=1S/C10H19NO2/c1-8-4-9(5-8)11-10-6-12-2-3-13-7-10/h8-11H,2-7H2,1H3. The second-order valence-electron chi connectivity index (χ2n) is 4.29. The molecular weight excluding hydrogens is 166 g/mol. The van der Waals surface area contributed by atoms with Crippen LogP contribution < -0.4 is 5.32 Å². The van der Waals surface area contributed by atoms with Gasteiger partial charge in [0.2, 0.25) is 0 Å². The Morgan fingerprint density at radius 1 is 1.00 bits per heavy atom. The van der Waals surface area contributed by atoms with Crippen LogP contribution in [0.25, 0.3) is 0 Å². The summed E-state index contributed by atoms with van der Waals surface area (Å²) < 4.78 is 10.8. The van der Waals surface area contributed by atoms with Crippen molar-refractivity contribution in [3.05, 3.63) is 0 Å². The van der Waals surface area contributed by atoms with Gasteiger partial charge in [-0.15, -0.1) is 0 Å². The minimum absolute atomic E-state index is 0.417. The maximum Gasteiger partial charge on any atom is 0.0701 e. The van der Waals surface area contributed by atoms with Gasteiger partial charge in [-0.05, 0) is 18.8 Å². The highest BCUT2D eigenvalue weighted by molar-refractivity contribution is 4.85. The van der Waals surface area contributed by atoms with Crippen molar-refractivity contribution >= 4 is 0 Å². The quantitative estimate of drug-likeness (QED) is 0.690. The number of ether oxygens (including phenoxy) is 2. The molecule has 1 aliphatic heterocycles. The second-order valence-corrected chi connectivity index (χ2v) is 4.29. The second kappa shape index (κ2) is 4.40. The van der Waals surface area contributed by atoms with Gasteiger partial charge in [0.25, 0.3) is 0 Å². The molecular formula is C10H19NO2. The summed E-state index contributed by atoms with van der Waals surface area (Å²) in [6, 6.07) is 1.13. The number of hydrogen-bond acceptors (Lipinski definition) is 3. The van der Waals surface area contributed by atoms with Gasteiger partial charge in [0, 0.05) is 6.04 Å². The Hall–Kier alpha value is -0.120. The maximum atomic E-state index is 5.42. The van der Waals surface area contributed by atoms with Gasteiger partial charge in [0.15, 0.2) is 0 Å². The van der Waals surface area contributed by atoms with E-state index in [1.807, 2.05) is 0 Å². The molecule has 0 radical (unpaired) electrons. The molecule has 1 aliphatic carbocycles. The van der Waals surface area contributed by atoms with Crippen LogP contribution >= 0.6 is 0 Å². The molecule has 2 rings (SSSR count). The lowest BCUT2D eigenvalue weighted by Gasteiger charge is -2.36. The van der Waals surface area contributed by atoms with Crippen molar-refractivity contribution in [2.45, 2.75) is 31.8 Å². The van der Waals surface area contributed by atoms with Crippen LogP contribution in [0.15, 0.2) is 0 Å². The molecule has 0 aromatic carbocycles. The van der Waals surface area contributed by atoms with Gasteiger partial charge >= 0.3 is 0 Å². The summed E-state index contributed by atoms with van der Waals surface area (Å²) in [6.07, 6.45) is 2.63. The Morgan fingerprint density at radius 3 is 2.15 bits per heavy atom. The highest BCUT2D eigenvalue weighted by atomic mass is 16.5. The zero-order valence-electron chi connectivity index (χ0n) is 8.29. The maximum absolute atomic E-state index is 5.42. The average Bonchev–Trinajstić information content (AvgIpc) is 2.30. The summed E-state index contributed by atoms with van der Waals surface area (Å²) >= 11 is 0. The Bertz CT molecular complexity index is 149. The summed E-state index contributed by atoms with van der Waals surface area (Å²) in [7, 11) is 0. The molecule has 13 heavy (non-hydrogen) atoms. The third kappa shape index (κ3) is 2.66. The number of hydrogen-bond donors (Lipinski definition) is 1. The van der Waals surface area contributed by atoms with E-state index in [-0.39, 0.29) is 0 Å². The zero-order valence-corrected chi connectivity index (χ0v) is 8.29. The van der Waals surface area contributed by atoms with Gasteiger partial charge in [0.1, 0.15) is 0 Å². The summed E-state index contributed by atoms with van der Waals surface area (Å²) in [5.74, 6) is 0.908. The van der Waals surface area contributed by atoms with E-state index in [0.717, 1.165) is 32.3 Å². The van der Waals surface area contributed by atoms with Crippen LogP contribution in [0.1, 0.15) is 19.8 Å². The van der Waals surface area contributed by atoms with E-state index < -0.39 is 0 Å². The normalized spacial score (nSPS) is 36.7. The summed E-state index contributed by atoms with van der Waals surface area (Å²) in [6.45, 7) is 5.42. The molecule has 0 amide bonds. The van der Waals surface area contributed by atoms with Crippen LogP contribution in [-0.4, -0.2) is 38.5 Å². The van der Waals surface area contributed by atoms with Crippen molar-refractivity contribution in [3.63, 3.8) is 0 Å². The van der Waals surface area contributed by atoms with Crippen molar-refractivity contribution in [1.82, 2.24) is 5.32 Å². The Kier molecular flexibility index (Phi) is 3.19. The van der Waals surface area contributed by atoms with E-state index in [9.17, 15) is 0 Å². The van der Waals surface area contributed by atoms with Crippen LogP contribution in [0.5, 0.6) is 0 Å². The van der Waals surface area contributed by atoms with Crippen LogP contribution in [0.4, 0.5) is 0 Å². The van der Waals surface area contributed by atoms with Crippen LogP contribution in [0.2, 0.25) is 0 Å². The van der Waals surface area contributed by atoms with Gasteiger partial charge in [-0.3, -0.25) is 0 Å². The molecule has 0 atom stereocenters. The molecule has 2 aliphatic rings. The first-order chi connectivity index (χ1) is 6.34. The fourth-order valence-electron chi connectivity index (χ4n) is 2.09. The molecule has 0 spiro atoms. The molecule has 1 N–H and O–H groups in total. The predicted octanol–water partition coefficient (Wildman–Crippen LogP) is 0.790. The van der Waals surface area contributed by atoms with Crippen LogP contribution in [-0.2, 0) is 9.47 Å².